The van der Waals surface area contributed by atoms with Crippen LogP contribution in [0, 0.1) is 18.3 Å². The molecule has 0 bridgehead atoms. The molecule has 6 heterocycles. The molecule has 1 atom stereocenters. The summed E-state index contributed by atoms with van der Waals surface area (Å²) in [7, 11) is 0. The smallest absolute Gasteiger partial charge is 0.417 e. The molecule has 15 heteroatoms. The van der Waals surface area contributed by atoms with E-state index in [-0.39, 0.29) is 48.4 Å². The molecule has 2 aliphatic rings. The number of fused-ring (bicyclic) bond motifs is 1. The first kappa shape index (κ1) is 29.6. The summed E-state index contributed by atoms with van der Waals surface area (Å²) >= 11 is 0. The number of alkyl halides is 3. The van der Waals surface area contributed by atoms with Crippen LogP contribution in [0.1, 0.15) is 54.3 Å². The lowest BCUT2D eigenvalue weighted by atomic mass is 10.0. The zero-order chi connectivity index (χ0) is 28.9. The van der Waals surface area contributed by atoms with E-state index < -0.39 is 23.9 Å². The van der Waals surface area contributed by atoms with Gasteiger partial charge in [-0.2, -0.15) is 23.5 Å². The fourth-order valence-corrected chi connectivity index (χ4v) is 5.47. The van der Waals surface area contributed by atoms with E-state index in [1.807, 2.05) is 11.6 Å². The highest BCUT2D eigenvalue weighted by atomic mass is 35.5. The van der Waals surface area contributed by atoms with E-state index in [1.165, 1.54) is 10.7 Å². The van der Waals surface area contributed by atoms with E-state index in [2.05, 4.69) is 31.8 Å². The van der Waals surface area contributed by atoms with E-state index in [1.54, 1.807) is 24.1 Å². The summed E-state index contributed by atoms with van der Waals surface area (Å²) in [5.74, 6) is 0.560. The molecule has 0 aromatic carbocycles. The number of nitrogens with one attached hydrogen (secondary N) is 1. The zero-order valence-corrected chi connectivity index (χ0v) is 23.7. The van der Waals surface area contributed by atoms with Crippen LogP contribution in [0.3, 0.4) is 0 Å². The lowest BCUT2D eigenvalue weighted by Crippen LogP contribution is -2.51. The Bertz CT molecular complexity index is 1640. The van der Waals surface area contributed by atoms with Crippen LogP contribution < -0.4 is 15.0 Å². The summed E-state index contributed by atoms with van der Waals surface area (Å²) in [6.45, 7) is 5.87. The van der Waals surface area contributed by atoms with Gasteiger partial charge in [-0.1, -0.05) is 5.21 Å². The number of nitriles is 1. The molecule has 2 saturated heterocycles. The van der Waals surface area contributed by atoms with Crippen LogP contribution >= 0.6 is 12.4 Å². The van der Waals surface area contributed by atoms with Crippen molar-refractivity contribution in [2.24, 2.45) is 0 Å². The molecule has 11 nitrogen and oxygen atoms in total. The molecule has 222 valence electrons. The number of halogens is 4. The van der Waals surface area contributed by atoms with Crippen LogP contribution in [0.25, 0.3) is 16.8 Å². The van der Waals surface area contributed by atoms with Crippen LogP contribution in [0.15, 0.2) is 30.7 Å². The molecular weight excluding hydrogens is 575 g/mol. The highest BCUT2D eigenvalue weighted by Gasteiger charge is 2.35. The van der Waals surface area contributed by atoms with Gasteiger partial charge in [-0.25, -0.2) is 14.2 Å². The molecule has 2 aliphatic heterocycles. The number of β-amino-alcohol motifs (C(OH)–C–C–N with tert-alkyl or cyclic N) is 1. The predicted octanol–water partition coefficient (Wildman–Crippen LogP) is 3.85. The van der Waals surface area contributed by atoms with Crippen LogP contribution in [-0.4, -0.2) is 67.0 Å². The fourth-order valence-electron chi connectivity index (χ4n) is 5.47. The molecular formula is C27H29ClF3N9O2. The van der Waals surface area contributed by atoms with Gasteiger partial charge in [0, 0.05) is 36.6 Å². The Balaban J connectivity index is 0.00000353. The van der Waals surface area contributed by atoms with Gasteiger partial charge in [-0.05, 0) is 51.9 Å². The van der Waals surface area contributed by atoms with Crippen LogP contribution in [0.2, 0.25) is 0 Å². The maximum atomic E-state index is 13.6. The second kappa shape index (κ2) is 11.4. The lowest BCUT2D eigenvalue weighted by Gasteiger charge is -2.38. The number of pyridine rings is 2. The average molecular weight is 604 g/mol. The van der Waals surface area contributed by atoms with Gasteiger partial charge in [0.1, 0.15) is 40.5 Å². The van der Waals surface area contributed by atoms with Crippen LogP contribution in [0.4, 0.5) is 19.0 Å². The number of nitrogens with zero attached hydrogens (tertiary/aromatic N) is 8. The number of ether oxygens (including phenoxy) is 1. The van der Waals surface area contributed by atoms with E-state index in [0.29, 0.717) is 22.6 Å². The number of rotatable bonds is 6. The van der Waals surface area contributed by atoms with E-state index >= 15 is 0 Å². The number of anilines is 1. The number of aromatic nitrogens is 6. The molecule has 2 N–H and O–H groups in total. The zero-order valence-electron chi connectivity index (χ0n) is 22.8. The predicted molar refractivity (Wildman–Crippen MR) is 149 cm³/mol. The van der Waals surface area contributed by atoms with Crippen molar-refractivity contribution in [3.8, 4) is 23.1 Å². The van der Waals surface area contributed by atoms with Gasteiger partial charge in [-0.15, -0.1) is 17.5 Å². The lowest BCUT2D eigenvalue weighted by molar-refractivity contribution is -0.137. The van der Waals surface area contributed by atoms with Gasteiger partial charge in [0.2, 0.25) is 0 Å². The number of aliphatic hydroxyl groups excluding tert-OH is 1. The van der Waals surface area contributed by atoms with E-state index in [4.69, 9.17) is 4.74 Å². The highest BCUT2D eigenvalue weighted by Crippen LogP contribution is 2.39. The Morgan fingerprint density at radius 3 is 2.60 bits per heavy atom. The van der Waals surface area contributed by atoms with E-state index in [0.717, 1.165) is 43.9 Å². The molecule has 4 aromatic rings. The largest absolute Gasteiger partial charge is 0.484 e. The van der Waals surface area contributed by atoms with Crippen molar-refractivity contribution >= 4 is 23.7 Å². The molecule has 0 aliphatic carbocycles. The molecule has 0 saturated carbocycles. The minimum absolute atomic E-state index is 0. The van der Waals surface area contributed by atoms with E-state index in [9.17, 15) is 23.5 Å². The van der Waals surface area contributed by atoms with Crippen molar-refractivity contribution in [3.05, 3.63) is 53.1 Å². The van der Waals surface area contributed by atoms with Crippen molar-refractivity contribution < 1.29 is 23.0 Å². The van der Waals surface area contributed by atoms with Crippen LogP contribution in [0.5, 0.6) is 5.75 Å². The number of hydrogen-bond acceptors (Lipinski definition) is 9. The Kier molecular flexibility index (Phi) is 8.02. The SMILES string of the molecule is Cc1c(-c2cc(OC(C)c3cc(C(F)(F)F)cnc3N3CC(O)C3)c3c(C#N)cnn3c2)nnn1C1CCNCC1.Cl. The summed E-state index contributed by atoms with van der Waals surface area (Å²) in [6.07, 6.45) is -0.283. The van der Waals surface area contributed by atoms with Crippen molar-refractivity contribution in [3.63, 3.8) is 0 Å². The topological polar surface area (TPSA) is 129 Å². The maximum absolute atomic E-state index is 13.6. The van der Waals surface area contributed by atoms with Crippen molar-refractivity contribution in [2.75, 3.05) is 31.1 Å². The summed E-state index contributed by atoms with van der Waals surface area (Å²) in [6, 6.07) is 5.06. The summed E-state index contributed by atoms with van der Waals surface area (Å²) in [5, 5.41) is 36.0. The third kappa shape index (κ3) is 5.35. The maximum Gasteiger partial charge on any atom is 0.417 e. The number of hydrogen-bond donors (Lipinski definition) is 2. The quantitative estimate of drug-likeness (QED) is 0.337. The monoisotopic (exact) mass is 603 g/mol. The Morgan fingerprint density at radius 2 is 1.93 bits per heavy atom. The molecule has 0 amide bonds. The minimum Gasteiger partial charge on any atom is -0.484 e. The molecule has 42 heavy (non-hydrogen) atoms. The van der Waals surface area contributed by atoms with Crippen molar-refractivity contribution in [2.45, 2.75) is 51.1 Å². The van der Waals surface area contributed by atoms with Gasteiger partial charge in [0.15, 0.2) is 0 Å². The van der Waals surface area contributed by atoms with Gasteiger partial charge in [0.05, 0.1) is 29.6 Å². The summed E-state index contributed by atoms with van der Waals surface area (Å²) in [5.41, 5.74) is 2.06. The fraction of sp³-hybridized carbons (Fsp3) is 0.444. The van der Waals surface area contributed by atoms with Gasteiger partial charge in [0.25, 0.3) is 0 Å². The molecule has 0 radical (unpaired) electrons. The van der Waals surface area contributed by atoms with Crippen LogP contribution in [-0.2, 0) is 6.18 Å². The minimum atomic E-state index is -4.60. The van der Waals surface area contributed by atoms with Gasteiger partial charge < -0.3 is 20.1 Å². The van der Waals surface area contributed by atoms with Crippen molar-refractivity contribution in [1.29, 1.82) is 5.26 Å². The molecule has 0 spiro atoms. The summed E-state index contributed by atoms with van der Waals surface area (Å²) < 4.78 is 50.6. The van der Waals surface area contributed by atoms with Gasteiger partial charge in [-0.3, -0.25) is 0 Å². The highest BCUT2D eigenvalue weighted by molar-refractivity contribution is 5.85. The van der Waals surface area contributed by atoms with Crippen molar-refractivity contribution in [1.82, 2.24) is 34.9 Å². The first-order chi connectivity index (χ1) is 19.6. The second-order valence-electron chi connectivity index (χ2n) is 10.5. The third-order valence-corrected chi connectivity index (χ3v) is 7.68. The molecule has 1 unspecified atom stereocenters. The third-order valence-electron chi connectivity index (χ3n) is 7.68. The first-order valence-electron chi connectivity index (χ1n) is 13.3. The summed E-state index contributed by atoms with van der Waals surface area (Å²) in [4.78, 5) is 5.80. The van der Waals surface area contributed by atoms with Gasteiger partial charge >= 0.3 is 6.18 Å². The molecule has 6 rings (SSSR count). The number of piperidine rings is 1. The average Bonchev–Trinajstić information content (AvgIpc) is 3.54. The Morgan fingerprint density at radius 1 is 1.19 bits per heavy atom. The number of aliphatic hydroxyl groups is 1. The standard InChI is InChI=1S/C27H28F3N9O2.ClH/c1-15-24(35-36-39(15)20-3-5-32-6-4-20)17-7-23(25-18(9-31)10-34-38(25)12-17)41-16(2)22-8-19(27(28,29)30)11-33-26(22)37-13-21(40)14-37;/h7-8,10-12,16,20-21,32,40H,3-6,13-14H2,1-2H3;1H. The normalized spacial score (nSPS) is 17.0. The molecule has 4 aromatic heterocycles. The Labute approximate surface area is 245 Å². The first-order valence-corrected chi connectivity index (χ1v) is 13.3. The Hall–Kier alpha value is -3.93. The molecule has 2 fully saturated rings. The second-order valence-corrected chi connectivity index (χ2v) is 10.5.